The topological polar surface area (TPSA) is 103 Å². The summed E-state index contributed by atoms with van der Waals surface area (Å²) in [7, 11) is 0. The van der Waals surface area contributed by atoms with Crippen molar-refractivity contribution in [3.8, 4) is 22.6 Å². The molecule has 0 aliphatic carbocycles. The fraction of sp³-hybridized carbons (Fsp3) is 0.200. The molecule has 4 heterocycles. The molecule has 0 saturated carbocycles. The Morgan fingerprint density at radius 1 is 0.826 bits per heavy atom. The molecule has 0 atom stereocenters. The van der Waals surface area contributed by atoms with E-state index in [4.69, 9.17) is 9.97 Å². The first-order chi connectivity index (χ1) is 22.5. The van der Waals surface area contributed by atoms with Crippen LogP contribution in [0, 0.1) is 0 Å². The quantitative estimate of drug-likeness (QED) is 0.161. The number of benzene rings is 3. The summed E-state index contributed by atoms with van der Waals surface area (Å²) < 4.78 is 2.04. The lowest BCUT2D eigenvalue weighted by Gasteiger charge is -2.38. The average molecular weight is 630 g/mol. The number of hydrogen-bond acceptors (Lipinski definition) is 8. The van der Waals surface area contributed by atoms with Gasteiger partial charge in [-0.25, -0.2) is 19.7 Å². The van der Waals surface area contributed by atoms with Gasteiger partial charge in [-0.2, -0.15) is 0 Å². The molecule has 0 spiro atoms. The number of carbonyl (C=O) groups is 1. The summed E-state index contributed by atoms with van der Waals surface area (Å²) in [5.41, 5.74) is 6.74. The average Bonchev–Trinajstić information content (AvgIpc) is 3.68. The number of para-hydroxylation sites is 1. The minimum atomic E-state index is -0.317. The number of piperazine rings is 1. The summed E-state index contributed by atoms with van der Waals surface area (Å²) in [5.74, 6) is 0.500. The maximum Gasteiger partial charge on any atom is 0.323 e. The van der Waals surface area contributed by atoms with Crippen LogP contribution in [0.5, 0.6) is 0 Å². The van der Waals surface area contributed by atoms with E-state index >= 15 is 0 Å². The highest BCUT2D eigenvalue weighted by molar-refractivity contribution is 7.15. The number of thiazole rings is 1. The number of hydrogen-bond donors (Lipinski definition) is 3. The van der Waals surface area contributed by atoms with Crippen molar-refractivity contribution in [1.82, 2.24) is 24.3 Å². The van der Waals surface area contributed by atoms with Gasteiger partial charge in [0, 0.05) is 78.3 Å². The fourth-order valence-corrected chi connectivity index (χ4v) is 6.44. The number of rotatable bonds is 8. The SMILES string of the molecule is CC(C)N1CCN(c2ccc(Nc3nccc(-c4c(-c5cccc(NC(=O)Nc6ccccc6)c5)nc5sccn45)n3)cc2)CC1. The van der Waals surface area contributed by atoms with Gasteiger partial charge < -0.3 is 20.9 Å². The van der Waals surface area contributed by atoms with Crippen molar-refractivity contribution < 1.29 is 4.79 Å². The molecular formula is C35H35N9OS. The summed E-state index contributed by atoms with van der Waals surface area (Å²) in [4.78, 5) is 32.9. The lowest BCUT2D eigenvalue weighted by atomic mass is 10.1. The summed E-state index contributed by atoms with van der Waals surface area (Å²) in [6, 6.07) is 27.6. The van der Waals surface area contributed by atoms with Crippen molar-refractivity contribution in [3.63, 3.8) is 0 Å². The number of anilines is 5. The zero-order chi connectivity index (χ0) is 31.5. The molecule has 10 nitrogen and oxygen atoms in total. The van der Waals surface area contributed by atoms with Crippen molar-refractivity contribution >= 4 is 51.0 Å². The van der Waals surface area contributed by atoms with Gasteiger partial charge in [-0.3, -0.25) is 9.30 Å². The van der Waals surface area contributed by atoms with Gasteiger partial charge in [-0.15, -0.1) is 11.3 Å². The van der Waals surface area contributed by atoms with Crippen LogP contribution < -0.4 is 20.9 Å². The molecule has 3 aromatic heterocycles. The predicted molar refractivity (Wildman–Crippen MR) is 187 cm³/mol. The van der Waals surface area contributed by atoms with E-state index in [1.54, 1.807) is 17.5 Å². The maximum absolute atomic E-state index is 12.7. The number of carbonyl (C=O) groups excluding carboxylic acids is 1. The van der Waals surface area contributed by atoms with Crippen LogP contribution >= 0.6 is 11.3 Å². The van der Waals surface area contributed by atoms with E-state index in [2.05, 4.69) is 68.8 Å². The highest BCUT2D eigenvalue weighted by Crippen LogP contribution is 2.35. The Morgan fingerprint density at radius 3 is 2.37 bits per heavy atom. The molecule has 1 saturated heterocycles. The summed E-state index contributed by atoms with van der Waals surface area (Å²) in [5, 5.41) is 11.2. The van der Waals surface area contributed by atoms with Gasteiger partial charge in [0.2, 0.25) is 5.95 Å². The van der Waals surface area contributed by atoms with Crippen LogP contribution in [0.15, 0.2) is 103 Å². The van der Waals surface area contributed by atoms with Crippen LogP contribution in [-0.4, -0.2) is 62.5 Å². The van der Waals surface area contributed by atoms with Gasteiger partial charge >= 0.3 is 6.03 Å². The van der Waals surface area contributed by atoms with Gasteiger partial charge in [0.1, 0.15) is 5.69 Å². The molecule has 46 heavy (non-hydrogen) atoms. The van der Waals surface area contributed by atoms with Crippen LogP contribution in [0.4, 0.5) is 33.5 Å². The Labute approximate surface area is 271 Å². The first-order valence-electron chi connectivity index (χ1n) is 15.4. The van der Waals surface area contributed by atoms with Crippen LogP contribution in [0.25, 0.3) is 27.6 Å². The number of nitrogens with one attached hydrogen (secondary N) is 3. The molecule has 0 radical (unpaired) electrons. The van der Waals surface area contributed by atoms with E-state index < -0.39 is 0 Å². The normalized spacial score (nSPS) is 13.7. The fourth-order valence-electron chi connectivity index (χ4n) is 5.72. The summed E-state index contributed by atoms with van der Waals surface area (Å²) in [6.45, 7) is 8.74. The van der Waals surface area contributed by atoms with Crippen LogP contribution in [0.3, 0.4) is 0 Å². The molecule has 232 valence electrons. The number of amides is 2. The standard InChI is InChI=1S/C35H35N9OS/c1-24(2)42-17-19-43(20-18-42)29-13-11-27(12-14-29)37-33-36-16-15-30(40-33)32-31(41-35-44(32)21-22-46-35)25-7-6-10-28(23-25)39-34(45)38-26-8-4-3-5-9-26/h3-16,21-24H,17-20H2,1-2H3,(H,36,37,40)(H2,38,39,45). The van der Waals surface area contributed by atoms with Crippen LogP contribution in [-0.2, 0) is 0 Å². The number of fused-ring (bicyclic) bond motifs is 1. The predicted octanol–water partition coefficient (Wildman–Crippen LogP) is 7.44. The Hall–Kier alpha value is -5.26. The van der Waals surface area contributed by atoms with E-state index in [-0.39, 0.29) is 6.03 Å². The lowest BCUT2D eigenvalue weighted by Crippen LogP contribution is -2.48. The van der Waals surface area contributed by atoms with Crippen molar-refractivity contribution in [3.05, 3.63) is 103 Å². The Morgan fingerprint density at radius 2 is 1.59 bits per heavy atom. The molecule has 1 aliphatic heterocycles. The highest BCUT2D eigenvalue weighted by Gasteiger charge is 2.20. The van der Waals surface area contributed by atoms with Crippen LogP contribution in [0.2, 0.25) is 0 Å². The van der Waals surface area contributed by atoms with Gasteiger partial charge in [-0.05, 0) is 68.4 Å². The lowest BCUT2D eigenvalue weighted by molar-refractivity contribution is 0.209. The van der Waals surface area contributed by atoms with E-state index in [0.717, 1.165) is 65.2 Å². The number of imidazole rings is 1. The van der Waals surface area contributed by atoms with Crippen molar-refractivity contribution in [2.24, 2.45) is 0 Å². The van der Waals surface area contributed by atoms with E-state index in [1.165, 1.54) is 5.69 Å². The molecule has 0 bridgehead atoms. The van der Waals surface area contributed by atoms with Gasteiger partial charge in [-0.1, -0.05) is 30.3 Å². The summed E-state index contributed by atoms with van der Waals surface area (Å²) in [6.07, 6.45) is 3.75. The maximum atomic E-state index is 12.7. The van der Waals surface area contributed by atoms with Crippen molar-refractivity contribution in [2.75, 3.05) is 47.0 Å². The Balaban J connectivity index is 1.10. The molecule has 0 unspecified atom stereocenters. The first-order valence-corrected chi connectivity index (χ1v) is 16.3. The zero-order valence-corrected chi connectivity index (χ0v) is 26.5. The van der Waals surface area contributed by atoms with Gasteiger partial charge in [0.25, 0.3) is 0 Å². The van der Waals surface area contributed by atoms with Crippen molar-refractivity contribution in [2.45, 2.75) is 19.9 Å². The van der Waals surface area contributed by atoms with E-state index in [0.29, 0.717) is 17.7 Å². The second kappa shape index (κ2) is 13.0. The zero-order valence-electron chi connectivity index (χ0n) is 25.7. The smallest absolute Gasteiger partial charge is 0.323 e. The second-order valence-electron chi connectivity index (χ2n) is 11.4. The van der Waals surface area contributed by atoms with Crippen LogP contribution in [0.1, 0.15) is 13.8 Å². The number of nitrogens with zero attached hydrogens (tertiary/aromatic N) is 6. The van der Waals surface area contributed by atoms with Gasteiger partial charge in [0.15, 0.2) is 4.96 Å². The molecule has 1 fully saturated rings. The highest BCUT2D eigenvalue weighted by atomic mass is 32.1. The molecule has 3 aromatic carbocycles. The third-order valence-electron chi connectivity index (χ3n) is 8.12. The molecule has 11 heteroatoms. The summed E-state index contributed by atoms with van der Waals surface area (Å²) >= 11 is 1.56. The molecule has 6 aromatic rings. The molecule has 3 N–H and O–H groups in total. The molecular weight excluding hydrogens is 595 g/mol. The molecule has 2 amide bonds. The second-order valence-corrected chi connectivity index (χ2v) is 12.3. The third-order valence-corrected chi connectivity index (χ3v) is 8.88. The van der Waals surface area contributed by atoms with E-state index in [1.807, 2.05) is 76.6 Å². The number of urea groups is 1. The third kappa shape index (κ3) is 6.42. The largest absolute Gasteiger partial charge is 0.369 e. The Bertz CT molecular complexity index is 1940. The molecule has 1 aliphatic rings. The van der Waals surface area contributed by atoms with E-state index in [9.17, 15) is 4.79 Å². The Kier molecular flexibility index (Phi) is 8.32. The van der Waals surface area contributed by atoms with Crippen molar-refractivity contribution in [1.29, 1.82) is 0 Å². The number of aromatic nitrogens is 4. The van der Waals surface area contributed by atoms with Gasteiger partial charge in [0.05, 0.1) is 11.4 Å². The monoisotopic (exact) mass is 629 g/mol. The minimum absolute atomic E-state index is 0.317. The molecule has 7 rings (SSSR count). The minimum Gasteiger partial charge on any atom is -0.369 e. The first kappa shape index (κ1) is 29.5.